The first kappa shape index (κ1) is 26.9. The Labute approximate surface area is 222 Å². The predicted octanol–water partition coefficient (Wildman–Crippen LogP) is 4.50. The van der Waals surface area contributed by atoms with Gasteiger partial charge in [-0.1, -0.05) is 56.3 Å². The predicted molar refractivity (Wildman–Crippen MR) is 148 cm³/mol. The number of likely N-dealkylation sites (N-methyl/N-ethyl adjacent to an activating group) is 1. The Morgan fingerprint density at radius 2 is 1.68 bits per heavy atom. The number of aliphatic hydroxyl groups excluding tert-OH is 1. The lowest BCUT2D eigenvalue weighted by Crippen LogP contribution is -2.40. The number of methoxy groups -OCH3 is 1. The zero-order chi connectivity index (χ0) is 27.1. The maximum Gasteiger partial charge on any atom is 0.343 e. The minimum Gasteiger partial charge on any atom is -0.497 e. The van der Waals surface area contributed by atoms with Gasteiger partial charge in [-0.25, -0.2) is 4.79 Å². The molecule has 1 atom stereocenters. The molecule has 1 aromatic heterocycles. The van der Waals surface area contributed by atoms with Gasteiger partial charge in [-0.15, -0.1) is 0 Å². The van der Waals surface area contributed by atoms with Gasteiger partial charge in [-0.3, -0.25) is 4.79 Å². The molecule has 38 heavy (non-hydrogen) atoms. The lowest BCUT2D eigenvalue weighted by molar-refractivity contribution is 0.0732. The zero-order valence-corrected chi connectivity index (χ0v) is 21.9. The fraction of sp³-hybridized carbons (Fsp3) is 0.267. The van der Waals surface area contributed by atoms with Gasteiger partial charge >= 0.3 is 5.97 Å². The lowest BCUT2D eigenvalue weighted by atomic mass is 10.0. The molecule has 0 saturated carbocycles. The summed E-state index contributed by atoms with van der Waals surface area (Å²) in [5, 5.41) is 13.9. The van der Waals surface area contributed by atoms with E-state index in [2.05, 4.69) is 15.2 Å². The molecule has 0 spiro atoms. The van der Waals surface area contributed by atoms with E-state index >= 15 is 0 Å². The van der Waals surface area contributed by atoms with Gasteiger partial charge in [0.15, 0.2) is 5.75 Å². The molecule has 1 unspecified atom stereocenters. The third kappa shape index (κ3) is 6.04. The van der Waals surface area contributed by atoms with Crippen molar-refractivity contribution < 1.29 is 24.2 Å². The van der Waals surface area contributed by atoms with Gasteiger partial charge < -0.3 is 29.8 Å². The summed E-state index contributed by atoms with van der Waals surface area (Å²) in [5.41, 5.74) is 2.81. The number of hydrogen-bond donors (Lipinski definition) is 3. The number of aromatic amines is 1. The van der Waals surface area contributed by atoms with Crippen LogP contribution < -0.4 is 14.8 Å². The van der Waals surface area contributed by atoms with Crippen LogP contribution in [0.2, 0.25) is 0 Å². The van der Waals surface area contributed by atoms with Crippen LogP contribution in [0, 0.1) is 0 Å². The Morgan fingerprint density at radius 1 is 0.974 bits per heavy atom. The molecule has 0 aliphatic carbocycles. The minimum absolute atomic E-state index is 0.0576. The van der Waals surface area contributed by atoms with Crippen molar-refractivity contribution in [3.05, 3.63) is 84.1 Å². The molecule has 198 valence electrons. The molecule has 3 aromatic carbocycles. The highest BCUT2D eigenvalue weighted by Crippen LogP contribution is 2.38. The van der Waals surface area contributed by atoms with Crippen molar-refractivity contribution in [3.63, 3.8) is 0 Å². The summed E-state index contributed by atoms with van der Waals surface area (Å²) in [6.45, 7) is 6.15. The van der Waals surface area contributed by atoms with Crippen molar-refractivity contribution in [2.24, 2.45) is 0 Å². The van der Waals surface area contributed by atoms with E-state index in [0.717, 1.165) is 24.2 Å². The monoisotopic (exact) mass is 515 g/mol. The summed E-state index contributed by atoms with van der Waals surface area (Å²) < 4.78 is 11.1. The largest absolute Gasteiger partial charge is 0.497 e. The summed E-state index contributed by atoms with van der Waals surface area (Å²) >= 11 is 0. The molecule has 8 heteroatoms. The molecule has 4 aromatic rings. The Kier molecular flexibility index (Phi) is 8.78. The number of aromatic nitrogens is 1. The number of hydrogen-bond acceptors (Lipinski definition) is 6. The van der Waals surface area contributed by atoms with Crippen molar-refractivity contribution in [2.75, 3.05) is 33.3 Å². The molecule has 0 saturated heterocycles. The number of carbonyl (C=O) groups excluding carboxylic acids is 2. The molecule has 0 bridgehead atoms. The Morgan fingerprint density at radius 3 is 2.34 bits per heavy atom. The highest BCUT2D eigenvalue weighted by molar-refractivity contribution is 6.10. The van der Waals surface area contributed by atoms with Crippen molar-refractivity contribution in [1.29, 1.82) is 0 Å². The highest BCUT2D eigenvalue weighted by atomic mass is 16.5. The van der Waals surface area contributed by atoms with Gasteiger partial charge in [-0.2, -0.15) is 0 Å². The Hall–Kier alpha value is -4.14. The van der Waals surface area contributed by atoms with Crippen molar-refractivity contribution >= 4 is 22.8 Å². The molecule has 1 amide bonds. The summed E-state index contributed by atoms with van der Waals surface area (Å²) in [5.74, 6) is -0.331. The second kappa shape index (κ2) is 12.4. The van der Waals surface area contributed by atoms with Crippen molar-refractivity contribution in [2.45, 2.75) is 20.0 Å². The van der Waals surface area contributed by atoms with E-state index in [0.29, 0.717) is 28.8 Å². The SMILES string of the molecule is CCN(CC)CC(O)CNC(=O)c1[nH]c2cccc(-c3ccccc3)c2c1OC(=O)c1ccc(OC)cc1. The van der Waals surface area contributed by atoms with Crippen LogP contribution in [-0.2, 0) is 0 Å². The molecular weight excluding hydrogens is 482 g/mol. The standard InChI is InChI=1S/C30H33N3O5/c1-4-33(5-2)19-22(34)18-31-29(35)27-28(38-30(36)21-14-16-23(37-3)17-15-21)26-24(12-9-13-25(26)32-27)20-10-7-6-8-11-20/h6-17,22,32,34H,4-5,18-19H2,1-3H3,(H,31,35). The van der Waals surface area contributed by atoms with E-state index in [1.54, 1.807) is 31.4 Å². The average Bonchev–Trinajstić information content (AvgIpc) is 3.33. The number of H-pyrrole nitrogens is 1. The number of benzene rings is 3. The molecular formula is C30H33N3O5. The van der Waals surface area contributed by atoms with E-state index in [-0.39, 0.29) is 18.0 Å². The Bertz CT molecular complexity index is 1380. The summed E-state index contributed by atoms with van der Waals surface area (Å²) in [6.07, 6.45) is -0.742. The molecule has 0 fully saturated rings. The summed E-state index contributed by atoms with van der Waals surface area (Å²) in [4.78, 5) is 31.7. The molecule has 4 rings (SSSR count). The number of nitrogens with zero attached hydrogens (tertiary/aromatic N) is 1. The highest BCUT2D eigenvalue weighted by Gasteiger charge is 2.25. The van der Waals surface area contributed by atoms with E-state index in [1.807, 2.05) is 62.4 Å². The van der Waals surface area contributed by atoms with Gasteiger partial charge in [0.2, 0.25) is 0 Å². The van der Waals surface area contributed by atoms with Crippen LogP contribution in [0.5, 0.6) is 11.5 Å². The Balaban J connectivity index is 1.70. The number of fused-ring (bicyclic) bond motifs is 1. The molecule has 0 aliphatic rings. The van der Waals surface area contributed by atoms with Gasteiger partial charge in [-0.05, 0) is 54.5 Å². The van der Waals surface area contributed by atoms with Crippen LogP contribution in [0.25, 0.3) is 22.0 Å². The maximum absolute atomic E-state index is 13.3. The zero-order valence-electron chi connectivity index (χ0n) is 21.9. The van der Waals surface area contributed by atoms with E-state index in [1.165, 1.54) is 0 Å². The van der Waals surface area contributed by atoms with Crippen LogP contribution in [0.4, 0.5) is 0 Å². The third-order valence-electron chi connectivity index (χ3n) is 6.47. The fourth-order valence-corrected chi connectivity index (χ4v) is 4.36. The number of ether oxygens (including phenoxy) is 2. The van der Waals surface area contributed by atoms with Gasteiger partial charge in [0.25, 0.3) is 5.91 Å². The van der Waals surface area contributed by atoms with E-state index in [9.17, 15) is 14.7 Å². The quantitative estimate of drug-likeness (QED) is 0.254. The van der Waals surface area contributed by atoms with Crippen molar-refractivity contribution in [1.82, 2.24) is 15.2 Å². The maximum atomic E-state index is 13.3. The van der Waals surface area contributed by atoms with Crippen LogP contribution in [0.1, 0.15) is 34.7 Å². The number of nitrogens with one attached hydrogen (secondary N) is 2. The molecule has 0 radical (unpaired) electrons. The fourth-order valence-electron chi connectivity index (χ4n) is 4.36. The molecule has 0 aliphatic heterocycles. The van der Waals surface area contributed by atoms with E-state index in [4.69, 9.17) is 9.47 Å². The van der Waals surface area contributed by atoms with Crippen LogP contribution in [0.15, 0.2) is 72.8 Å². The van der Waals surface area contributed by atoms with Gasteiger partial charge in [0, 0.05) is 13.1 Å². The number of carbonyl (C=O) groups is 2. The number of aliphatic hydroxyl groups is 1. The average molecular weight is 516 g/mol. The van der Waals surface area contributed by atoms with Gasteiger partial charge in [0.1, 0.15) is 11.4 Å². The summed E-state index contributed by atoms with van der Waals surface area (Å²) in [6, 6.07) is 21.9. The number of amides is 1. The molecule has 8 nitrogen and oxygen atoms in total. The van der Waals surface area contributed by atoms with E-state index < -0.39 is 18.0 Å². The second-order valence-electron chi connectivity index (χ2n) is 8.89. The first-order valence-corrected chi connectivity index (χ1v) is 12.7. The van der Waals surface area contributed by atoms with Gasteiger partial charge in [0.05, 0.1) is 29.7 Å². The van der Waals surface area contributed by atoms with Crippen LogP contribution >= 0.6 is 0 Å². The molecule has 3 N–H and O–H groups in total. The first-order chi connectivity index (χ1) is 18.4. The lowest BCUT2D eigenvalue weighted by Gasteiger charge is -2.22. The normalized spacial score (nSPS) is 11.9. The van der Waals surface area contributed by atoms with Crippen molar-refractivity contribution in [3.8, 4) is 22.6 Å². The van der Waals surface area contributed by atoms with Crippen LogP contribution in [-0.4, -0.2) is 66.3 Å². The minimum atomic E-state index is -0.742. The second-order valence-corrected chi connectivity index (χ2v) is 8.89. The topological polar surface area (TPSA) is 104 Å². The third-order valence-corrected chi connectivity index (χ3v) is 6.47. The number of rotatable bonds is 11. The summed E-state index contributed by atoms with van der Waals surface area (Å²) in [7, 11) is 1.55. The first-order valence-electron chi connectivity index (χ1n) is 12.7. The van der Waals surface area contributed by atoms with Crippen LogP contribution in [0.3, 0.4) is 0 Å². The number of esters is 1. The smallest absolute Gasteiger partial charge is 0.343 e. The molecule has 1 heterocycles.